The fourth-order valence-corrected chi connectivity index (χ4v) is 2.68. The minimum absolute atomic E-state index is 0.142. The summed E-state index contributed by atoms with van der Waals surface area (Å²) in [6.45, 7) is 0. The zero-order chi connectivity index (χ0) is 16.1. The summed E-state index contributed by atoms with van der Waals surface area (Å²) in [7, 11) is 0. The van der Waals surface area contributed by atoms with E-state index < -0.39 is 0 Å². The Labute approximate surface area is 135 Å². The number of hydrogen-bond donors (Lipinski definition) is 1. The highest BCUT2D eigenvalue weighted by Gasteiger charge is 2.16. The van der Waals surface area contributed by atoms with Crippen LogP contribution in [-0.2, 0) is 4.79 Å². The maximum Gasteiger partial charge on any atom is 0.234 e. The van der Waals surface area contributed by atoms with E-state index in [1.165, 1.54) is 0 Å². The zero-order valence-electron chi connectivity index (χ0n) is 12.6. The molecule has 0 aliphatic heterocycles. The Morgan fingerprint density at radius 2 is 1.61 bits per heavy atom. The summed E-state index contributed by atoms with van der Waals surface area (Å²) in [5, 5.41) is 14.0. The van der Waals surface area contributed by atoms with E-state index in [9.17, 15) is 4.79 Å². The minimum atomic E-state index is -0.269. The van der Waals surface area contributed by atoms with Crippen molar-refractivity contribution < 1.29 is 4.79 Å². The van der Waals surface area contributed by atoms with Gasteiger partial charge in [0.2, 0.25) is 5.91 Å². The molecule has 0 saturated heterocycles. The molecule has 1 amide bonds. The number of benzene rings is 3. The molecule has 1 N–H and O–H groups in total. The van der Waals surface area contributed by atoms with Gasteiger partial charge in [0.1, 0.15) is 6.42 Å². The van der Waals surface area contributed by atoms with Crippen LogP contribution in [0.3, 0.4) is 0 Å². The van der Waals surface area contributed by atoms with E-state index in [2.05, 4.69) is 29.6 Å². The highest BCUT2D eigenvalue weighted by atomic mass is 16.1. The fraction of sp³-hybridized carbons (Fsp3) is 0.100. The molecule has 0 aliphatic carbocycles. The van der Waals surface area contributed by atoms with Crippen molar-refractivity contribution in [3.63, 3.8) is 0 Å². The largest absolute Gasteiger partial charge is 0.344 e. The van der Waals surface area contributed by atoms with Crippen molar-refractivity contribution in [3.05, 3.63) is 83.9 Å². The van der Waals surface area contributed by atoms with Gasteiger partial charge in [0.05, 0.1) is 12.1 Å². The molecule has 0 heterocycles. The van der Waals surface area contributed by atoms with Gasteiger partial charge in [-0.15, -0.1) is 0 Å². The van der Waals surface area contributed by atoms with Crippen LogP contribution in [0.25, 0.3) is 10.8 Å². The van der Waals surface area contributed by atoms with E-state index in [1.54, 1.807) is 0 Å². The van der Waals surface area contributed by atoms with Crippen LogP contribution in [-0.4, -0.2) is 5.91 Å². The second kappa shape index (κ2) is 6.76. The van der Waals surface area contributed by atoms with Crippen molar-refractivity contribution in [1.82, 2.24) is 5.32 Å². The minimum Gasteiger partial charge on any atom is -0.344 e. The van der Waals surface area contributed by atoms with Crippen LogP contribution in [0.2, 0.25) is 0 Å². The first kappa shape index (κ1) is 14.8. The number of nitrogens with one attached hydrogen (secondary N) is 1. The first-order valence-electron chi connectivity index (χ1n) is 7.48. The van der Waals surface area contributed by atoms with Gasteiger partial charge in [0, 0.05) is 0 Å². The number of carbonyl (C=O) groups excluding carboxylic acids is 1. The number of nitriles is 1. The van der Waals surface area contributed by atoms with Crippen LogP contribution in [0.1, 0.15) is 23.6 Å². The van der Waals surface area contributed by atoms with Crippen molar-refractivity contribution in [3.8, 4) is 6.07 Å². The fourth-order valence-electron chi connectivity index (χ4n) is 2.68. The summed E-state index contributed by atoms with van der Waals surface area (Å²) >= 11 is 0. The second-order valence-electron chi connectivity index (χ2n) is 5.35. The number of hydrogen-bond acceptors (Lipinski definition) is 2. The third-order valence-corrected chi connectivity index (χ3v) is 3.78. The summed E-state index contributed by atoms with van der Waals surface area (Å²) < 4.78 is 0. The molecule has 1 atom stereocenters. The lowest BCUT2D eigenvalue weighted by atomic mass is 9.96. The van der Waals surface area contributed by atoms with Crippen LogP contribution >= 0.6 is 0 Å². The molecule has 0 radical (unpaired) electrons. The third kappa shape index (κ3) is 3.38. The molecule has 0 bridgehead atoms. The van der Waals surface area contributed by atoms with E-state index in [0.29, 0.717) is 0 Å². The topological polar surface area (TPSA) is 52.9 Å². The van der Waals surface area contributed by atoms with Gasteiger partial charge < -0.3 is 5.32 Å². The standard InChI is InChI=1S/C20H16N2O/c21-13-12-19(23)22-20(16-7-2-1-3-8-16)18-11-10-15-6-4-5-9-17(15)14-18/h1-11,14,20H,12H2,(H,22,23)/t20-/m1/s1. The molecule has 23 heavy (non-hydrogen) atoms. The first-order chi connectivity index (χ1) is 11.3. The Bertz CT molecular complexity index is 865. The Balaban J connectivity index is 2.02. The molecule has 3 nitrogen and oxygen atoms in total. The van der Waals surface area contributed by atoms with Crippen molar-refractivity contribution in [1.29, 1.82) is 5.26 Å². The maximum absolute atomic E-state index is 11.9. The van der Waals surface area contributed by atoms with Gasteiger partial charge >= 0.3 is 0 Å². The molecule has 0 aromatic heterocycles. The molecule has 0 aliphatic rings. The van der Waals surface area contributed by atoms with Gasteiger partial charge in [-0.25, -0.2) is 0 Å². The zero-order valence-corrected chi connectivity index (χ0v) is 12.6. The van der Waals surface area contributed by atoms with Crippen LogP contribution in [0.15, 0.2) is 72.8 Å². The number of fused-ring (bicyclic) bond motifs is 1. The number of nitrogens with zero attached hydrogens (tertiary/aromatic N) is 1. The molecule has 0 spiro atoms. The van der Waals surface area contributed by atoms with Crippen LogP contribution in [0.5, 0.6) is 0 Å². The predicted molar refractivity (Wildman–Crippen MR) is 90.6 cm³/mol. The molecule has 3 rings (SSSR count). The highest BCUT2D eigenvalue weighted by molar-refractivity contribution is 5.84. The van der Waals surface area contributed by atoms with Gasteiger partial charge in [0.15, 0.2) is 0 Å². The summed E-state index contributed by atoms with van der Waals surface area (Å²) in [5.74, 6) is -0.269. The summed E-state index contributed by atoms with van der Waals surface area (Å²) in [4.78, 5) is 11.9. The molecular formula is C20H16N2O. The second-order valence-corrected chi connectivity index (χ2v) is 5.35. The van der Waals surface area contributed by atoms with Crippen molar-refractivity contribution in [2.45, 2.75) is 12.5 Å². The van der Waals surface area contributed by atoms with Crippen molar-refractivity contribution >= 4 is 16.7 Å². The van der Waals surface area contributed by atoms with Gasteiger partial charge in [-0.2, -0.15) is 5.26 Å². The Morgan fingerprint density at radius 1 is 0.913 bits per heavy atom. The van der Waals surface area contributed by atoms with Gasteiger partial charge in [0.25, 0.3) is 0 Å². The summed E-state index contributed by atoms with van der Waals surface area (Å²) in [5.41, 5.74) is 2.00. The molecule has 0 saturated carbocycles. The quantitative estimate of drug-likeness (QED) is 0.793. The lowest BCUT2D eigenvalue weighted by Gasteiger charge is -2.20. The van der Waals surface area contributed by atoms with E-state index in [-0.39, 0.29) is 18.4 Å². The van der Waals surface area contributed by atoms with Gasteiger partial charge in [-0.05, 0) is 28.0 Å². The Morgan fingerprint density at radius 3 is 2.35 bits per heavy atom. The maximum atomic E-state index is 11.9. The van der Waals surface area contributed by atoms with Gasteiger partial charge in [-0.3, -0.25) is 4.79 Å². The smallest absolute Gasteiger partial charge is 0.234 e. The molecule has 3 aromatic carbocycles. The molecule has 112 valence electrons. The molecule has 0 fully saturated rings. The Hall–Kier alpha value is -3.12. The first-order valence-corrected chi connectivity index (χ1v) is 7.48. The molecule has 0 unspecified atom stereocenters. The van der Waals surface area contributed by atoms with E-state index >= 15 is 0 Å². The number of amides is 1. The predicted octanol–water partition coefficient (Wildman–Crippen LogP) is 3.96. The molecule has 3 aromatic rings. The van der Waals surface area contributed by atoms with Crippen molar-refractivity contribution in [2.24, 2.45) is 0 Å². The average Bonchev–Trinajstić information content (AvgIpc) is 2.60. The molecular weight excluding hydrogens is 284 g/mol. The molecule has 3 heteroatoms. The monoisotopic (exact) mass is 300 g/mol. The summed E-state index contributed by atoms with van der Waals surface area (Å²) in [6, 6.07) is 25.7. The van der Waals surface area contributed by atoms with Crippen molar-refractivity contribution in [2.75, 3.05) is 0 Å². The third-order valence-electron chi connectivity index (χ3n) is 3.78. The lowest BCUT2D eigenvalue weighted by Crippen LogP contribution is -2.28. The van der Waals surface area contributed by atoms with E-state index in [4.69, 9.17) is 5.26 Å². The van der Waals surface area contributed by atoms with Crippen LogP contribution in [0, 0.1) is 11.3 Å². The Kier molecular flexibility index (Phi) is 4.35. The normalized spacial score (nSPS) is 11.6. The van der Waals surface area contributed by atoms with Crippen LogP contribution in [0.4, 0.5) is 0 Å². The van der Waals surface area contributed by atoms with Gasteiger partial charge in [-0.1, -0.05) is 66.7 Å². The number of carbonyl (C=O) groups is 1. The van der Waals surface area contributed by atoms with E-state index in [0.717, 1.165) is 21.9 Å². The lowest BCUT2D eigenvalue weighted by molar-refractivity contribution is -0.120. The SMILES string of the molecule is N#CCC(=O)N[C@H](c1ccccc1)c1ccc2ccccc2c1. The number of rotatable bonds is 4. The highest BCUT2D eigenvalue weighted by Crippen LogP contribution is 2.25. The van der Waals surface area contributed by atoms with Crippen LogP contribution < -0.4 is 5.32 Å². The average molecular weight is 300 g/mol. The van der Waals surface area contributed by atoms with E-state index in [1.807, 2.05) is 54.6 Å². The summed E-state index contributed by atoms with van der Waals surface area (Å²) in [6.07, 6.45) is -0.142.